The van der Waals surface area contributed by atoms with Gasteiger partial charge >= 0.3 is 0 Å². The highest BCUT2D eigenvalue weighted by molar-refractivity contribution is 9.10. The van der Waals surface area contributed by atoms with E-state index in [2.05, 4.69) is 43.4 Å². The number of thiophene rings is 1. The molecular weight excluding hydrogens is 536 g/mol. The topological polar surface area (TPSA) is 52.3 Å². The number of hydrogen-bond acceptors (Lipinski definition) is 4. The molecule has 0 N–H and O–H groups in total. The van der Waals surface area contributed by atoms with Gasteiger partial charge in [0, 0.05) is 37.6 Å². The standard InChI is InChI=1S/C28H33BrN4O2S/c1-4-17-7-5-6-10-32(14-17)28(34)19-11-21-26(23(12-19)35-3)31(2)27(30-21)22-13-24-25(20(29)16-36-24)33(22)15-18-8-9-18/h11-13,16-18H,4-10,14-15H2,1-3H3/t17-/m1/s1. The lowest BCUT2D eigenvalue weighted by Crippen LogP contribution is -2.34. The number of benzene rings is 1. The van der Waals surface area contributed by atoms with Gasteiger partial charge in [-0.2, -0.15) is 0 Å². The summed E-state index contributed by atoms with van der Waals surface area (Å²) in [6, 6.07) is 6.12. The van der Waals surface area contributed by atoms with E-state index >= 15 is 0 Å². The van der Waals surface area contributed by atoms with Crippen molar-refractivity contribution in [2.24, 2.45) is 18.9 Å². The highest BCUT2D eigenvalue weighted by Crippen LogP contribution is 2.41. The van der Waals surface area contributed by atoms with E-state index in [1.165, 1.54) is 35.9 Å². The van der Waals surface area contributed by atoms with Gasteiger partial charge in [-0.3, -0.25) is 4.79 Å². The van der Waals surface area contributed by atoms with Gasteiger partial charge in [-0.25, -0.2) is 4.98 Å². The Morgan fingerprint density at radius 3 is 2.75 bits per heavy atom. The normalized spacial score (nSPS) is 18.8. The van der Waals surface area contributed by atoms with Gasteiger partial charge in [0.2, 0.25) is 0 Å². The predicted octanol–water partition coefficient (Wildman–Crippen LogP) is 7.09. The van der Waals surface area contributed by atoms with Crippen LogP contribution in [0.5, 0.6) is 5.75 Å². The van der Waals surface area contributed by atoms with Gasteiger partial charge in [0.25, 0.3) is 5.91 Å². The van der Waals surface area contributed by atoms with E-state index in [4.69, 9.17) is 9.72 Å². The van der Waals surface area contributed by atoms with Crippen LogP contribution in [0.2, 0.25) is 0 Å². The number of fused-ring (bicyclic) bond motifs is 2. The van der Waals surface area contributed by atoms with Crippen LogP contribution in [0.4, 0.5) is 0 Å². The number of ether oxygens (including phenoxy) is 1. The van der Waals surface area contributed by atoms with E-state index in [9.17, 15) is 4.79 Å². The Kier molecular flexibility index (Phi) is 6.36. The maximum atomic E-state index is 13.6. The van der Waals surface area contributed by atoms with Crippen molar-refractivity contribution in [1.29, 1.82) is 0 Å². The maximum absolute atomic E-state index is 13.6. The number of aromatic nitrogens is 3. The molecule has 0 spiro atoms. The lowest BCUT2D eigenvalue weighted by atomic mass is 10.0. The van der Waals surface area contributed by atoms with Crippen molar-refractivity contribution >= 4 is 54.4 Å². The van der Waals surface area contributed by atoms with Gasteiger partial charge in [-0.1, -0.05) is 19.8 Å². The predicted molar refractivity (Wildman–Crippen MR) is 150 cm³/mol. The summed E-state index contributed by atoms with van der Waals surface area (Å²) in [7, 11) is 3.73. The summed E-state index contributed by atoms with van der Waals surface area (Å²) < 4.78 is 12.8. The molecule has 36 heavy (non-hydrogen) atoms. The van der Waals surface area contributed by atoms with E-state index in [0.717, 1.165) is 65.4 Å². The molecule has 1 aliphatic carbocycles. The summed E-state index contributed by atoms with van der Waals surface area (Å²) in [5, 5.41) is 2.17. The summed E-state index contributed by atoms with van der Waals surface area (Å²) in [6.45, 7) is 4.89. The third kappa shape index (κ3) is 4.16. The second-order valence-corrected chi connectivity index (χ2v) is 12.2. The van der Waals surface area contributed by atoms with Gasteiger partial charge < -0.3 is 18.8 Å². The van der Waals surface area contributed by atoms with E-state index in [0.29, 0.717) is 17.2 Å². The molecule has 2 fully saturated rings. The molecule has 3 aromatic heterocycles. The summed E-state index contributed by atoms with van der Waals surface area (Å²) >= 11 is 5.53. The van der Waals surface area contributed by atoms with Crippen molar-refractivity contribution < 1.29 is 9.53 Å². The van der Waals surface area contributed by atoms with Crippen molar-refractivity contribution in [3.05, 3.63) is 33.6 Å². The molecule has 0 radical (unpaired) electrons. The molecule has 4 aromatic rings. The SMILES string of the molecule is CC[C@@H]1CCCCN(C(=O)c2cc(OC)c3c(c2)nc(-c2cc4scc(Br)c4n2CC2CC2)n3C)C1. The van der Waals surface area contributed by atoms with Crippen LogP contribution in [-0.4, -0.2) is 45.1 Å². The van der Waals surface area contributed by atoms with Crippen LogP contribution in [-0.2, 0) is 13.6 Å². The number of amides is 1. The Labute approximate surface area is 224 Å². The van der Waals surface area contributed by atoms with Crippen LogP contribution in [0.25, 0.3) is 32.8 Å². The molecule has 190 valence electrons. The van der Waals surface area contributed by atoms with Crippen molar-refractivity contribution in [1.82, 2.24) is 19.0 Å². The zero-order valence-electron chi connectivity index (χ0n) is 21.2. The van der Waals surface area contributed by atoms with E-state index in [1.54, 1.807) is 18.4 Å². The van der Waals surface area contributed by atoms with Crippen LogP contribution in [0, 0.1) is 11.8 Å². The Bertz CT molecular complexity index is 1450. The van der Waals surface area contributed by atoms with Crippen molar-refractivity contribution in [3.63, 3.8) is 0 Å². The minimum absolute atomic E-state index is 0.0873. The molecular formula is C28H33BrN4O2S. The third-order valence-electron chi connectivity index (χ3n) is 7.98. The molecule has 1 aliphatic heterocycles. The summed E-state index contributed by atoms with van der Waals surface area (Å²) in [5.41, 5.74) is 4.77. The minimum atomic E-state index is 0.0873. The summed E-state index contributed by atoms with van der Waals surface area (Å²) in [5.74, 6) is 3.01. The molecule has 1 amide bonds. The van der Waals surface area contributed by atoms with Crippen LogP contribution in [0.1, 0.15) is 55.8 Å². The number of hydrogen-bond donors (Lipinski definition) is 0. The number of halogens is 1. The fraction of sp³-hybridized carbons (Fsp3) is 0.500. The fourth-order valence-corrected chi connectivity index (χ4v) is 7.41. The first-order valence-electron chi connectivity index (χ1n) is 13.1. The average Bonchev–Trinajstić information content (AvgIpc) is 3.50. The monoisotopic (exact) mass is 568 g/mol. The summed E-state index contributed by atoms with van der Waals surface area (Å²) in [6.07, 6.45) is 7.17. The zero-order valence-corrected chi connectivity index (χ0v) is 23.6. The number of imidazole rings is 1. The Morgan fingerprint density at radius 2 is 2.00 bits per heavy atom. The zero-order chi connectivity index (χ0) is 25.0. The van der Waals surface area contributed by atoms with Crippen LogP contribution < -0.4 is 4.74 Å². The number of carbonyl (C=O) groups excluding carboxylic acids is 1. The molecule has 1 atom stereocenters. The van der Waals surface area contributed by atoms with Crippen molar-refractivity contribution in [2.75, 3.05) is 20.2 Å². The van der Waals surface area contributed by atoms with E-state index < -0.39 is 0 Å². The van der Waals surface area contributed by atoms with Crippen molar-refractivity contribution in [2.45, 2.75) is 52.0 Å². The lowest BCUT2D eigenvalue weighted by Gasteiger charge is -2.24. The van der Waals surface area contributed by atoms with Gasteiger partial charge in [0.1, 0.15) is 11.3 Å². The van der Waals surface area contributed by atoms with E-state index in [-0.39, 0.29) is 5.91 Å². The number of aryl methyl sites for hydroxylation is 1. The molecule has 6 rings (SSSR count). The average molecular weight is 570 g/mol. The molecule has 1 aromatic carbocycles. The molecule has 2 aliphatic rings. The first-order valence-corrected chi connectivity index (χ1v) is 14.8. The Morgan fingerprint density at radius 1 is 1.17 bits per heavy atom. The maximum Gasteiger partial charge on any atom is 0.254 e. The number of likely N-dealkylation sites (tertiary alicyclic amines) is 1. The van der Waals surface area contributed by atoms with Gasteiger partial charge in [-0.05, 0) is 71.6 Å². The second-order valence-electron chi connectivity index (χ2n) is 10.4. The largest absolute Gasteiger partial charge is 0.494 e. The smallest absolute Gasteiger partial charge is 0.254 e. The van der Waals surface area contributed by atoms with Crippen LogP contribution in [0.15, 0.2) is 28.1 Å². The van der Waals surface area contributed by atoms with Gasteiger partial charge in [-0.15, -0.1) is 11.3 Å². The third-order valence-corrected chi connectivity index (χ3v) is 9.81. The highest BCUT2D eigenvalue weighted by Gasteiger charge is 2.28. The second kappa shape index (κ2) is 9.53. The summed E-state index contributed by atoms with van der Waals surface area (Å²) in [4.78, 5) is 20.8. The molecule has 1 saturated heterocycles. The van der Waals surface area contributed by atoms with Gasteiger partial charge in [0.15, 0.2) is 5.82 Å². The Balaban J connectivity index is 1.44. The number of rotatable bonds is 6. The quantitative estimate of drug-likeness (QED) is 0.249. The first-order chi connectivity index (χ1) is 17.5. The lowest BCUT2D eigenvalue weighted by molar-refractivity contribution is 0.0740. The fourth-order valence-electron chi connectivity index (χ4n) is 5.71. The number of carbonyl (C=O) groups is 1. The molecule has 0 bridgehead atoms. The molecule has 1 saturated carbocycles. The van der Waals surface area contributed by atoms with E-state index in [1.807, 2.05) is 24.1 Å². The number of nitrogens with zero attached hydrogens (tertiary/aromatic N) is 4. The highest BCUT2D eigenvalue weighted by atomic mass is 79.9. The van der Waals surface area contributed by atoms with Crippen LogP contribution >= 0.6 is 27.3 Å². The minimum Gasteiger partial charge on any atom is -0.494 e. The van der Waals surface area contributed by atoms with Crippen molar-refractivity contribution in [3.8, 4) is 17.3 Å². The Hall–Kier alpha value is -2.32. The molecule has 0 unspecified atom stereocenters. The van der Waals surface area contributed by atoms with Crippen LogP contribution in [0.3, 0.4) is 0 Å². The first kappa shape index (κ1) is 24.0. The molecule has 8 heteroatoms. The van der Waals surface area contributed by atoms with Gasteiger partial charge in [0.05, 0.1) is 33.0 Å². The molecule has 4 heterocycles. The molecule has 6 nitrogen and oxygen atoms in total. The number of methoxy groups -OCH3 is 1.